The van der Waals surface area contributed by atoms with Crippen LogP contribution in [0.5, 0.6) is 0 Å². The molecule has 2 aliphatic rings. The number of piperazine rings is 1. The maximum Gasteiger partial charge on any atom is 0.223 e. The quantitative estimate of drug-likeness (QED) is 0.724. The summed E-state index contributed by atoms with van der Waals surface area (Å²) in [6.45, 7) is 6.18. The van der Waals surface area contributed by atoms with Crippen molar-refractivity contribution in [3.63, 3.8) is 0 Å². The van der Waals surface area contributed by atoms with Crippen molar-refractivity contribution in [2.24, 2.45) is 0 Å². The maximum atomic E-state index is 5.87. The second-order valence-electron chi connectivity index (χ2n) is 5.26. The van der Waals surface area contributed by atoms with Gasteiger partial charge in [0.15, 0.2) is 0 Å². The Labute approximate surface area is 113 Å². The Balaban J connectivity index is 1.93. The van der Waals surface area contributed by atoms with Gasteiger partial charge in [0.2, 0.25) is 5.95 Å². The van der Waals surface area contributed by atoms with Crippen molar-refractivity contribution in [1.29, 1.82) is 0 Å². The number of nitrogens with two attached hydrogens (primary N) is 1. The predicted molar refractivity (Wildman–Crippen MR) is 77.5 cm³/mol. The fraction of sp³-hybridized carbons (Fsp3) is 0.692. The molecule has 1 aromatic rings. The van der Waals surface area contributed by atoms with Gasteiger partial charge in [-0.25, -0.2) is 0 Å². The molecule has 1 fully saturated rings. The minimum atomic E-state index is 0.372. The Kier molecular flexibility index (Phi) is 3.42. The molecule has 104 valence electrons. The molecule has 1 unspecified atom stereocenters. The Hall–Kier alpha value is -1.56. The van der Waals surface area contributed by atoms with E-state index in [1.165, 1.54) is 5.56 Å². The molecular formula is C13H22N6. The number of nitrogen functional groups attached to an aromatic ring is 1. The summed E-state index contributed by atoms with van der Waals surface area (Å²) in [4.78, 5) is 11.2. The lowest BCUT2D eigenvalue weighted by Crippen LogP contribution is -2.44. The summed E-state index contributed by atoms with van der Waals surface area (Å²) in [6, 6.07) is 0.512. The molecule has 2 aliphatic heterocycles. The summed E-state index contributed by atoms with van der Waals surface area (Å²) >= 11 is 0. The zero-order chi connectivity index (χ0) is 13.2. The highest BCUT2D eigenvalue weighted by Gasteiger charge is 2.25. The third kappa shape index (κ3) is 2.45. The van der Waals surface area contributed by atoms with Crippen LogP contribution < -0.4 is 21.3 Å². The lowest BCUT2D eigenvalue weighted by Gasteiger charge is -2.33. The topological polar surface area (TPSA) is 79.1 Å². The highest BCUT2D eigenvalue weighted by Crippen LogP contribution is 2.32. The summed E-state index contributed by atoms with van der Waals surface area (Å²) in [7, 11) is 0. The summed E-state index contributed by atoms with van der Waals surface area (Å²) in [5.41, 5.74) is 7.11. The van der Waals surface area contributed by atoms with E-state index < -0.39 is 0 Å². The van der Waals surface area contributed by atoms with E-state index in [1.54, 1.807) is 0 Å². The van der Waals surface area contributed by atoms with E-state index in [0.29, 0.717) is 12.0 Å². The van der Waals surface area contributed by atoms with Crippen LogP contribution in [0.4, 0.5) is 17.6 Å². The molecule has 0 amide bonds. The minimum absolute atomic E-state index is 0.372. The van der Waals surface area contributed by atoms with Crippen molar-refractivity contribution in [2.45, 2.75) is 32.2 Å². The number of hydrogen-bond donors (Lipinski definition) is 3. The van der Waals surface area contributed by atoms with Gasteiger partial charge in [-0.3, -0.25) is 0 Å². The lowest BCUT2D eigenvalue weighted by atomic mass is 9.99. The number of rotatable bonds is 2. The number of nitrogens with one attached hydrogen (secondary N) is 2. The van der Waals surface area contributed by atoms with Gasteiger partial charge in [-0.1, -0.05) is 6.92 Å². The first-order chi connectivity index (χ1) is 9.28. The average Bonchev–Trinajstić information content (AvgIpc) is 2.46. The second-order valence-corrected chi connectivity index (χ2v) is 5.26. The molecule has 6 heteroatoms. The molecule has 1 atom stereocenters. The lowest BCUT2D eigenvalue weighted by molar-refractivity contribution is 0.573. The highest BCUT2D eigenvalue weighted by molar-refractivity contribution is 5.63. The van der Waals surface area contributed by atoms with Crippen LogP contribution in [0.1, 0.15) is 25.3 Å². The van der Waals surface area contributed by atoms with Crippen LogP contribution in [-0.4, -0.2) is 42.2 Å². The molecule has 6 nitrogen and oxygen atoms in total. The van der Waals surface area contributed by atoms with Crippen molar-refractivity contribution in [3.05, 3.63) is 5.56 Å². The molecule has 0 bridgehead atoms. The van der Waals surface area contributed by atoms with Gasteiger partial charge in [-0.05, 0) is 19.3 Å². The fourth-order valence-electron chi connectivity index (χ4n) is 2.87. The van der Waals surface area contributed by atoms with Crippen molar-refractivity contribution >= 4 is 17.6 Å². The molecule has 0 spiro atoms. The summed E-state index contributed by atoms with van der Waals surface area (Å²) < 4.78 is 0. The molecule has 0 saturated carbocycles. The normalized spacial score (nSPS) is 22.8. The van der Waals surface area contributed by atoms with Gasteiger partial charge < -0.3 is 21.3 Å². The fourth-order valence-corrected chi connectivity index (χ4v) is 2.87. The van der Waals surface area contributed by atoms with Gasteiger partial charge in [0.25, 0.3) is 0 Å². The van der Waals surface area contributed by atoms with Crippen molar-refractivity contribution in [2.75, 3.05) is 42.1 Å². The van der Waals surface area contributed by atoms with E-state index in [4.69, 9.17) is 5.73 Å². The Morgan fingerprint density at radius 2 is 2.11 bits per heavy atom. The Bertz CT molecular complexity index is 455. The number of nitrogens with zero attached hydrogens (tertiary/aromatic N) is 3. The Morgan fingerprint density at radius 1 is 1.32 bits per heavy atom. The van der Waals surface area contributed by atoms with E-state index in [9.17, 15) is 0 Å². The first-order valence-electron chi connectivity index (χ1n) is 7.16. The predicted octanol–water partition coefficient (Wildman–Crippen LogP) is 0.605. The van der Waals surface area contributed by atoms with Crippen molar-refractivity contribution in [1.82, 2.24) is 15.3 Å². The molecule has 0 aliphatic carbocycles. The number of anilines is 3. The van der Waals surface area contributed by atoms with E-state index in [2.05, 4.69) is 32.4 Å². The van der Waals surface area contributed by atoms with E-state index in [1.807, 2.05) is 0 Å². The molecule has 19 heavy (non-hydrogen) atoms. The molecule has 3 rings (SSSR count). The van der Waals surface area contributed by atoms with Gasteiger partial charge in [-0.2, -0.15) is 9.97 Å². The van der Waals surface area contributed by atoms with Crippen LogP contribution in [0.2, 0.25) is 0 Å². The molecular weight excluding hydrogens is 240 g/mol. The highest BCUT2D eigenvalue weighted by atomic mass is 15.3. The third-order valence-corrected chi connectivity index (χ3v) is 4.00. The monoisotopic (exact) mass is 262 g/mol. The molecule has 0 aromatic carbocycles. The first-order valence-corrected chi connectivity index (χ1v) is 7.16. The van der Waals surface area contributed by atoms with Crippen LogP contribution in [0.3, 0.4) is 0 Å². The van der Waals surface area contributed by atoms with Crippen LogP contribution in [-0.2, 0) is 6.42 Å². The molecule has 1 aromatic heterocycles. The number of hydrogen-bond acceptors (Lipinski definition) is 6. The zero-order valence-corrected chi connectivity index (χ0v) is 11.4. The average molecular weight is 262 g/mol. The molecule has 3 heterocycles. The number of aromatic nitrogens is 2. The molecule has 4 N–H and O–H groups in total. The van der Waals surface area contributed by atoms with Crippen LogP contribution in [0, 0.1) is 0 Å². The maximum absolute atomic E-state index is 5.87. The van der Waals surface area contributed by atoms with E-state index >= 15 is 0 Å². The standard InChI is InChI=1S/C13H22N6/c1-2-9-3-4-10-11(16-9)17-13(14)18-12(10)19-7-5-15-6-8-19/h9,15H,2-8H2,1H3,(H3,14,16,17,18). The van der Waals surface area contributed by atoms with Gasteiger partial charge in [0.05, 0.1) is 0 Å². The SMILES string of the molecule is CCC1CCc2c(nc(N)nc2N2CCNCC2)N1. The van der Waals surface area contributed by atoms with Crippen LogP contribution >= 0.6 is 0 Å². The Morgan fingerprint density at radius 3 is 2.84 bits per heavy atom. The molecule has 0 radical (unpaired) electrons. The third-order valence-electron chi connectivity index (χ3n) is 4.00. The largest absolute Gasteiger partial charge is 0.368 e. The summed E-state index contributed by atoms with van der Waals surface area (Å²) in [6.07, 6.45) is 3.31. The van der Waals surface area contributed by atoms with E-state index in [-0.39, 0.29) is 0 Å². The van der Waals surface area contributed by atoms with Crippen LogP contribution in [0.25, 0.3) is 0 Å². The first kappa shape index (κ1) is 12.5. The zero-order valence-electron chi connectivity index (χ0n) is 11.4. The van der Waals surface area contributed by atoms with Crippen molar-refractivity contribution < 1.29 is 0 Å². The van der Waals surface area contributed by atoms with Gasteiger partial charge in [0, 0.05) is 37.8 Å². The van der Waals surface area contributed by atoms with Gasteiger partial charge >= 0.3 is 0 Å². The second kappa shape index (κ2) is 5.21. The number of fused-ring (bicyclic) bond motifs is 1. The van der Waals surface area contributed by atoms with E-state index in [0.717, 1.165) is 57.1 Å². The minimum Gasteiger partial charge on any atom is -0.368 e. The van der Waals surface area contributed by atoms with Gasteiger partial charge in [0.1, 0.15) is 11.6 Å². The van der Waals surface area contributed by atoms with Gasteiger partial charge in [-0.15, -0.1) is 0 Å². The smallest absolute Gasteiger partial charge is 0.223 e. The van der Waals surface area contributed by atoms with Crippen molar-refractivity contribution in [3.8, 4) is 0 Å². The summed E-state index contributed by atoms with van der Waals surface area (Å²) in [5, 5.41) is 6.86. The van der Waals surface area contributed by atoms with Crippen LogP contribution in [0.15, 0.2) is 0 Å². The summed E-state index contributed by atoms with van der Waals surface area (Å²) in [5.74, 6) is 2.35. The molecule has 1 saturated heterocycles.